The smallest absolute Gasteiger partial charge is 0.231 e. The van der Waals surface area contributed by atoms with Gasteiger partial charge < -0.3 is 10.2 Å². The number of rotatable bonds is 3. The van der Waals surface area contributed by atoms with Gasteiger partial charge in [0.1, 0.15) is 0 Å². The minimum absolute atomic E-state index is 0.229. The van der Waals surface area contributed by atoms with Gasteiger partial charge in [-0.05, 0) is 24.4 Å². The fourth-order valence-electron chi connectivity index (χ4n) is 1.23. The Morgan fingerprint density at radius 1 is 1.36 bits per heavy atom. The lowest BCUT2D eigenvalue weighted by Crippen LogP contribution is -2.22. The molecule has 1 aromatic rings. The monoisotopic (exact) mass is 213 g/mol. The molecule has 0 saturated heterocycles. The van der Waals surface area contributed by atoms with E-state index in [0.717, 1.165) is 0 Å². The predicted molar refractivity (Wildman–Crippen MR) is 55.8 cm³/mol. The first kappa shape index (κ1) is 9.45. The highest BCUT2D eigenvalue weighted by Crippen LogP contribution is 2.28. The van der Waals surface area contributed by atoms with Crippen LogP contribution in [0.1, 0.15) is 12.8 Å². The summed E-state index contributed by atoms with van der Waals surface area (Å²) in [6, 6.07) is 0.568. The summed E-state index contributed by atoms with van der Waals surface area (Å²) in [5.41, 5.74) is 0. The Morgan fingerprint density at radius 3 is 2.64 bits per heavy atom. The maximum absolute atomic E-state index is 5.77. The van der Waals surface area contributed by atoms with Crippen molar-refractivity contribution in [2.75, 3.05) is 24.3 Å². The van der Waals surface area contributed by atoms with Crippen LogP contribution in [0.3, 0.4) is 0 Å². The van der Waals surface area contributed by atoms with Crippen LogP contribution in [0.5, 0.6) is 0 Å². The Hall–Kier alpha value is -1.10. The van der Waals surface area contributed by atoms with Crippen molar-refractivity contribution in [3.05, 3.63) is 5.28 Å². The Kier molecular flexibility index (Phi) is 2.41. The van der Waals surface area contributed by atoms with Gasteiger partial charge >= 0.3 is 0 Å². The topological polar surface area (TPSA) is 53.9 Å². The number of hydrogen-bond acceptors (Lipinski definition) is 5. The fourth-order valence-corrected chi connectivity index (χ4v) is 1.39. The minimum atomic E-state index is 0.229. The summed E-state index contributed by atoms with van der Waals surface area (Å²) < 4.78 is 0. The van der Waals surface area contributed by atoms with Gasteiger partial charge in [-0.15, -0.1) is 0 Å². The third kappa shape index (κ3) is 1.87. The summed E-state index contributed by atoms with van der Waals surface area (Å²) in [6.07, 6.45) is 2.41. The molecule has 2 rings (SSSR count). The van der Waals surface area contributed by atoms with Crippen LogP contribution in [-0.4, -0.2) is 35.1 Å². The molecule has 76 valence electrons. The lowest BCUT2D eigenvalue weighted by molar-refractivity contribution is 0.850. The molecule has 14 heavy (non-hydrogen) atoms. The van der Waals surface area contributed by atoms with Crippen molar-refractivity contribution < 1.29 is 0 Å². The van der Waals surface area contributed by atoms with Crippen molar-refractivity contribution >= 4 is 23.5 Å². The van der Waals surface area contributed by atoms with Gasteiger partial charge in [-0.3, -0.25) is 0 Å². The maximum atomic E-state index is 5.77. The van der Waals surface area contributed by atoms with Crippen molar-refractivity contribution in [1.82, 2.24) is 15.0 Å². The lowest BCUT2D eigenvalue weighted by atomic mass is 10.6. The maximum Gasteiger partial charge on any atom is 0.231 e. The van der Waals surface area contributed by atoms with E-state index in [-0.39, 0.29) is 5.28 Å². The van der Waals surface area contributed by atoms with Crippen LogP contribution in [0.4, 0.5) is 11.9 Å². The van der Waals surface area contributed by atoms with Crippen molar-refractivity contribution in [2.45, 2.75) is 18.9 Å². The third-order valence-corrected chi connectivity index (χ3v) is 2.40. The quantitative estimate of drug-likeness (QED) is 0.817. The number of anilines is 2. The molecule has 0 radical (unpaired) electrons. The van der Waals surface area contributed by atoms with E-state index in [1.54, 1.807) is 7.05 Å². The van der Waals surface area contributed by atoms with E-state index in [0.29, 0.717) is 17.9 Å². The highest BCUT2D eigenvalue weighted by Gasteiger charge is 2.28. The van der Waals surface area contributed by atoms with Gasteiger partial charge in [0.15, 0.2) is 0 Å². The van der Waals surface area contributed by atoms with Gasteiger partial charge in [0.25, 0.3) is 0 Å². The van der Waals surface area contributed by atoms with Crippen molar-refractivity contribution in [3.63, 3.8) is 0 Å². The van der Waals surface area contributed by atoms with E-state index < -0.39 is 0 Å². The second kappa shape index (κ2) is 3.57. The van der Waals surface area contributed by atoms with Gasteiger partial charge in [-0.2, -0.15) is 15.0 Å². The molecule has 0 aliphatic heterocycles. The summed E-state index contributed by atoms with van der Waals surface area (Å²) >= 11 is 5.77. The molecule has 1 N–H and O–H groups in total. The molecule has 5 nitrogen and oxygen atoms in total. The molecule has 0 spiro atoms. The highest BCUT2D eigenvalue weighted by molar-refractivity contribution is 6.28. The molecule has 6 heteroatoms. The first-order valence-electron chi connectivity index (χ1n) is 4.53. The van der Waals surface area contributed by atoms with Crippen LogP contribution in [0.2, 0.25) is 5.28 Å². The van der Waals surface area contributed by atoms with E-state index in [9.17, 15) is 0 Å². The summed E-state index contributed by atoms with van der Waals surface area (Å²) in [5.74, 6) is 1.14. The van der Waals surface area contributed by atoms with Crippen LogP contribution in [0, 0.1) is 0 Å². The average molecular weight is 214 g/mol. The summed E-state index contributed by atoms with van der Waals surface area (Å²) in [6.45, 7) is 0. The predicted octanol–water partition coefficient (Wildman–Crippen LogP) is 1.17. The number of aromatic nitrogens is 3. The van der Waals surface area contributed by atoms with E-state index in [2.05, 4.69) is 20.3 Å². The Balaban J connectivity index is 2.27. The first-order chi connectivity index (χ1) is 6.70. The standard InChI is InChI=1S/C8H12ClN5/c1-10-7-11-6(9)12-8(13-7)14(2)5-3-4-5/h5H,3-4H2,1-2H3,(H,10,11,12,13). The zero-order valence-corrected chi connectivity index (χ0v) is 8.91. The molecule has 1 aromatic heterocycles. The largest absolute Gasteiger partial charge is 0.357 e. The van der Waals surface area contributed by atoms with E-state index in [1.807, 2.05) is 11.9 Å². The molecule has 0 bridgehead atoms. The molecular weight excluding hydrogens is 202 g/mol. The molecule has 1 aliphatic carbocycles. The summed E-state index contributed by atoms with van der Waals surface area (Å²) in [4.78, 5) is 14.2. The van der Waals surface area contributed by atoms with Crippen molar-refractivity contribution in [1.29, 1.82) is 0 Å². The van der Waals surface area contributed by atoms with Crippen LogP contribution in [0.25, 0.3) is 0 Å². The van der Waals surface area contributed by atoms with Gasteiger partial charge in [-0.25, -0.2) is 0 Å². The molecule has 0 atom stereocenters. The molecule has 1 aliphatic rings. The van der Waals surface area contributed by atoms with Crippen LogP contribution >= 0.6 is 11.6 Å². The SMILES string of the molecule is CNc1nc(Cl)nc(N(C)C2CC2)n1. The molecule has 0 unspecified atom stereocenters. The zero-order chi connectivity index (χ0) is 10.1. The third-order valence-electron chi connectivity index (χ3n) is 2.23. The van der Waals surface area contributed by atoms with E-state index in [4.69, 9.17) is 11.6 Å². The van der Waals surface area contributed by atoms with E-state index in [1.165, 1.54) is 12.8 Å². The Morgan fingerprint density at radius 2 is 2.07 bits per heavy atom. The number of nitrogens with one attached hydrogen (secondary N) is 1. The van der Waals surface area contributed by atoms with Crippen LogP contribution in [0.15, 0.2) is 0 Å². The lowest BCUT2D eigenvalue weighted by Gasteiger charge is -2.16. The van der Waals surface area contributed by atoms with Gasteiger partial charge in [0.2, 0.25) is 17.2 Å². The normalized spacial score (nSPS) is 15.4. The molecule has 0 amide bonds. The van der Waals surface area contributed by atoms with Crippen molar-refractivity contribution in [2.24, 2.45) is 0 Å². The van der Waals surface area contributed by atoms with Gasteiger partial charge in [0, 0.05) is 20.1 Å². The molecule has 1 saturated carbocycles. The Bertz CT molecular complexity index is 339. The second-order valence-electron chi connectivity index (χ2n) is 3.32. The molecule has 1 heterocycles. The average Bonchev–Trinajstić information content (AvgIpc) is 2.99. The number of nitrogens with zero attached hydrogens (tertiary/aromatic N) is 4. The minimum Gasteiger partial charge on any atom is -0.357 e. The van der Waals surface area contributed by atoms with Gasteiger partial charge in [0.05, 0.1) is 0 Å². The molecule has 0 aromatic carbocycles. The number of halogens is 1. The van der Waals surface area contributed by atoms with Crippen LogP contribution in [-0.2, 0) is 0 Å². The zero-order valence-electron chi connectivity index (χ0n) is 8.16. The fraction of sp³-hybridized carbons (Fsp3) is 0.625. The molecular formula is C8H12ClN5. The summed E-state index contributed by atoms with van der Waals surface area (Å²) in [5, 5.41) is 3.08. The molecule has 1 fully saturated rings. The number of hydrogen-bond donors (Lipinski definition) is 1. The van der Waals surface area contributed by atoms with E-state index >= 15 is 0 Å². The van der Waals surface area contributed by atoms with Crippen LogP contribution < -0.4 is 10.2 Å². The second-order valence-corrected chi connectivity index (χ2v) is 3.66. The highest BCUT2D eigenvalue weighted by atomic mass is 35.5. The van der Waals surface area contributed by atoms with Crippen molar-refractivity contribution in [3.8, 4) is 0 Å². The summed E-state index contributed by atoms with van der Waals surface area (Å²) in [7, 11) is 3.73. The van der Waals surface area contributed by atoms with Gasteiger partial charge in [-0.1, -0.05) is 0 Å². The Labute approximate surface area is 87.5 Å². The first-order valence-corrected chi connectivity index (χ1v) is 4.90.